The predicted molar refractivity (Wildman–Crippen MR) is 50.5 cm³/mol. The van der Waals surface area contributed by atoms with E-state index in [-0.39, 0.29) is 6.54 Å². The molecule has 6 nitrogen and oxygen atoms in total. The zero-order chi connectivity index (χ0) is 11.0. The van der Waals surface area contributed by atoms with E-state index in [1.165, 1.54) is 0 Å². The SMILES string of the molecule is COCCCCNS(=O)(=O)CC(=O)O. The monoisotopic (exact) mass is 225 g/mol. The number of hydrogen-bond donors (Lipinski definition) is 2. The molecule has 0 aliphatic rings. The van der Waals surface area contributed by atoms with E-state index in [0.717, 1.165) is 6.42 Å². The van der Waals surface area contributed by atoms with Gasteiger partial charge in [-0.15, -0.1) is 0 Å². The first kappa shape index (κ1) is 13.3. The smallest absolute Gasteiger partial charge is 0.320 e. The van der Waals surface area contributed by atoms with Crippen molar-refractivity contribution < 1.29 is 23.1 Å². The number of methoxy groups -OCH3 is 1. The lowest BCUT2D eigenvalue weighted by molar-refractivity contribution is -0.134. The number of ether oxygens (including phenoxy) is 1. The van der Waals surface area contributed by atoms with E-state index in [1.54, 1.807) is 7.11 Å². The highest BCUT2D eigenvalue weighted by molar-refractivity contribution is 7.90. The van der Waals surface area contributed by atoms with Crippen LogP contribution in [0, 0.1) is 0 Å². The van der Waals surface area contributed by atoms with Crippen LogP contribution in [0.1, 0.15) is 12.8 Å². The summed E-state index contributed by atoms with van der Waals surface area (Å²) in [6.45, 7) is 0.819. The van der Waals surface area contributed by atoms with Gasteiger partial charge in [-0.25, -0.2) is 13.1 Å². The Hall–Kier alpha value is -0.660. The molecule has 0 aliphatic carbocycles. The molecule has 0 unspecified atom stereocenters. The summed E-state index contributed by atoms with van der Waals surface area (Å²) in [4.78, 5) is 10.1. The zero-order valence-corrected chi connectivity index (χ0v) is 8.84. The van der Waals surface area contributed by atoms with Gasteiger partial charge in [-0.2, -0.15) is 0 Å². The number of sulfonamides is 1. The van der Waals surface area contributed by atoms with E-state index in [2.05, 4.69) is 4.72 Å². The fourth-order valence-corrected chi connectivity index (χ4v) is 1.70. The van der Waals surface area contributed by atoms with E-state index in [0.29, 0.717) is 13.0 Å². The van der Waals surface area contributed by atoms with Crippen molar-refractivity contribution >= 4 is 16.0 Å². The van der Waals surface area contributed by atoms with Crippen LogP contribution in [0.2, 0.25) is 0 Å². The first-order chi connectivity index (χ1) is 6.48. The van der Waals surface area contributed by atoms with Crippen molar-refractivity contribution in [2.75, 3.05) is 26.0 Å². The molecular weight excluding hydrogens is 210 g/mol. The van der Waals surface area contributed by atoms with Gasteiger partial charge in [0.1, 0.15) is 0 Å². The summed E-state index contributed by atoms with van der Waals surface area (Å²) in [5, 5.41) is 8.25. The topological polar surface area (TPSA) is 92.7 Å². The van der Waals surface area contributed by atoms with Crippen LogP contribution >= 0.6 is 0 Å². The molecule has 84 valence electrons. The molecule has 0 atom stereocenters. The number of hydrogen-bond acceptors (Lipinski definition) is 4. The number of rotatable bonds is 8. The van der Waals surface area contributed by atoms with Gasteiger partial charge in [-0.1, -0.05) is 0 Å². The summed E-state index contributed by atoms with van der Waals surface area (Å²) in [7, 11) is -2.09. The standard InChI is InChI=1S/C7H15NO5S/c1-13-5-3-2-4-8-14(11,12)6-7(9)10/h8H,2-6H2,1H3,(H,9,10). The average Bonchev–Trinajstić information content (AvgIpc) is 2.01. The molecule has 0 rings (SSSR count). The van der Waals surface area contributed by atoms with Gasteiger partial charge in [0.15, 0.2) is 5.75 Å². The maximum absolute atomic E-state index is 11.0. The third kappa shape index (κ3) is 7.96. The van der Waals surface area contributed by atoms with Crippen LogP contribution < -0.4 is 4.72 Å². The van der Waals surface area contributed by atoms with Crippen LogP contribution in [0.25, 0.3) is 0 Å². The minimum absolute atomic E-state index is 0.249. The van der Waals surface area contributed by atoms with Crippen molar-refractivity contribution in [3.8, 4) is 0 Å². The third-order valence-electron chi connectivity index (χ3n) is 1.41. The maximum atomic E-state index is 11.0. The molecule has 0 saturated heterocycles. The second kappa shape index (κ2) is 6.74. The van der Waals surface area contributed by atoms with Crippen molar-refractivity contribution in [2.24, 2.45) is 0 Å². The lowest BCUT2D eigenvalue weighted by atomic mass is 10.3. The van der Waals surface area contributed by atoms with Crippen molar-refractivity contribution in [3.63, 3.8) is 0 Å². The molecule has 0 aromatic rings. The van der Waals surface area contributed by atoms with Gasteiger partial charge in [-0.3, -0.25) is 4.79 Å². The minimum Gasteiger partial charge on any atom is -0.480 e. The predicted octanol–water partition coefficient (Wildman–Crippen LogP) is -0.583. The summed E-state index contributed by atoms with van der Waals surface area (Å²) >= 11 is 0. The number of carbonyl (C=O) groups is 1. The van der Waals surface area contributed by atoms with Crippen LogP contribution in [0.15, 0.2) is 0 Å². The fraction of sp³-hybridized carbons (Fsp3) is 0.857. The first-order valence-corrected chi connectivity index (χ1v) is 5.81. The summed E-state index contributed by atoms with van der Waals surface area (Å²) in [6.07, 6.45) is 1.37. The molecule has 0 amide bonds. The largest absolute Gasteiger partial charge is 0.480 e. The highest BCUT2D eigenvalue weighted by Gasteiger charge is 2.13. The number of carboxylic acids is 1. The van der Waals surface area contributed by atoms with Gasteiger partial charge in [0.25, 0.3) is 0 Å². The molecular formula is C7H15NO5S. The van der Waals surface area contributed by atoms with Gasteiger partial charge in [0, 0.05) is 20.3 Å². The van der Waals surface area contributed by atoms with Gasteiger partial charge in [0.05, 0.1) is 0 Å². The average molecular weight is 225 g/mol. The zero-order valence-electron chi connectivity index (χ0n) is 8.02. The van der Waals surface area contributed by atoms with Gasteiger partial charge in [-0.05, 0) is 12.8 Å². The first-order valence-electron chi connectivity index (χ1n) is 4.16. The Balaban J connectivity index is 3.61. The summed E-state index contributed by atoms with van der Waals surface area (Å²) < 4.78 is 28.9. The lowest BCUT2D eigenvalue weighted by Gasteiger charge is -2.03. The Kier molecular flexibility index (Phi) is 6.43. The van der Waals surface area contributed by atoms with Crippen LogP contribution in [0.5, 0.6) is 0 Å². The van der Waals surface area contributed by atoms with Crippen LogP contribution in [0.3, 0.4) is 0 Å². The van der Waals surface area contributed by atoms with Gasteiger partial charge >= 0.3 is 5.97 Å². The maximum Gasteiger partial charge on any atom is 0.320 e. The molecule has 0 fully saturated rings. The molecule has 0 aromatic carbocycles. The molecule has 7 heteroatoms. The summed E-state index contributed by atoms with van der Waals surface area (Å²) in [5.74, 6) is -2.23. The van der Waals surface area contributed by atoms with E-state index < -0.39 is 21.7 Å². The van der Waals surface area contributed by atoms with Crippen LogP contribution in [-0.2, 0) is 19.6 Å². The van der Waals surface area contributed by atoms with E-state index in [1.807, 2.05) is 0 Å². The van der Waals surface area contributed by atoms with E-state index in [4.69, 9.17) is 9.84 Å². The second-order valence-corrected chi connectivity index (χ2v) is 4.55. The number of carboxylic acid groups (broad SMARTS) is 1. The van der Waals surface area contributed by atoms with Crippen molar-refractivity contribution in [1.82, 2.24) is 4.72 Å². The highest BCUT2D eigenvalue weighted by Crippen LogP contribution is 1.90. The minimum atomic E-state index is -3.66. The number of unbranched alkanes of at least 4 members (excludes halogenated alkanes) is 1. The Bertz CT molecular complexity index is 261. The van der Waals surface area contributed by atoms with Crippen molar-refractivity contribution in [2.45, 2.75) is 12.8 Å². The van der Waals surface area contributed by atoms with Crippen LogP contribution in [-0.4, -0.2) is 45.5 Å². The van der Waals surface area contributed by atoms with Gasteiger partial charge in [0.2, 0.25) is 10.0 Å². The highest BCUT2D eigenvalue weighted by atomic mass is 32.2. The Morgan fingerprint density at radius 3 is 2.57 bits per heavy atom. The molecule has 0 spiro atoms. The van der Waals surface area contributed by atoms with E-state index in [9.17, 15) is 13.2 Å². The van der Waals surface area contributed by atoms with Crippen molar-refractivity contribution in [1.29, 1.82) is 0 Å². The van der Waals surface area contributed by atoms with Gasteiger partial charge < -0.3 is 9.84 Å². The molecule has 0 radical (unpaired) electrons. The number of aliphatic carboxylic acids is 1. The quantitative estimate of drug-likeness (QED) is 0.539. The van der Waals surface area contributed by atoms with Crippen LogP contribution in [0.4, 0.5) is 0 Å². The number of nitrogens with one attached hydrogen (secondary N) is 1. The lowest BCUT2D eigenvalue weighted by Crippen LogP contribution is -2.30. The molecule has 0 heterocycles. The normalized spacial score (nSPS) is 11.5. The Morgan fingerprint density at radius 1 is 1.43 bits per heavy atom. The summed E-state index contributed by atoms with van der Waals surface area (Å²) in [5.41, 5.74) is 0. The van der Waals surface area contributed by atoms with E-state index >= 15 is 0 Å². The molecule has 0 aromatic heterocycles. The Morgan fingerprint density at radius 2 is 2.07 bits per heavy atom. The molecule has 0 saturated carbocycles. The third-order valence-corrected chi connectivity index (χ3v) is 2.68. The second-order valence-electron chi connectivity index (χ2n) is 2.75. The molecule has 0 bridgehead atoms. The summed E-state index contributed by atoms with van der Waals surface area (Å²) in [6, 6.07) is 0. The van der Waals surface area contributed by atoms with Crippen molar-refractivity contribution in [3.05, 3.63) is 0 Å². The molecule has 14 heavy (non-hydrogen) atoms. The molecule has 2 N–H and O–H groups in total. The molecule has 0 aliphatic heterocycles. The fourth-order valence-electron chi connectivity index (χ4n) is 0.813. The Labute approximate surface area is 83.3 Å².